The second kappa shape index (κ2) is 9.50. The number of nitrogens with zero attached hydrogens (tertiary/aromatic N) is 7. The van der Waals surface area contributed by atoms with Crippen LogP contribution in [0.2, 0.25) is 0 Å². The first-order valence-corrected chi connectivity index (χ1v) is 13.7. The van der Waals surface area contributed by atoms with Crippen LogP contribution in [-0.2, 0) is 25.9 Å². The van der Waals surface area contributed by atoms with E-state index in [4.69, 9.17) is 14.5 Å². The van der Waals surface area contributed by atoms with E-state index in [9.17, 15) is 9.59 Å². The first-order chi connectivity index (χ1) is 20.3. The van der Waals surface area contributed by atoms with Crippen LogP contribution in [0.5, 0.6) is 5.88 Å². The summed E-state index contributed by atoms with van der Waals surface area (Å²) in [4.78, 5) is 34.1. The molecule has 13 heteroatoms. The highest BCUT2D eigenvalue weighted by Crippen LogP contribution is 2.44. The number of hydrogen-bond donors (Lipinski definition) is 2. The fourth-order valence-electron chi connectivity index (χ4n) is 6.47. The van der Waals surface area contributed by atoms with Gasteiger partial charge in [0.25, 0.3) is 0 Å². The van der Waals surface area contributed by atoms with Crippen LogP contribution in [0.25, 0.3) is 55.4 Å². The summed E-state index contributed by atoms with van der Waals surface area (Å²) in [6.45, 7) is 0. The van der Waals surface area contributed by atoms with Crippen molar-refractivity contribution in [2.45, 2.75) is 31.3 Å². The minimum atomic E-state index is -0.466. The predicted molar refractivity (Wildman–Crippen MR) is 158 cm³/mol. The van der Waals surface area contributed by atoms with Crippen LogP contribution in [0.3, 0.4) is 0 Å². The largest absolute Gasteiger partial charge is 0.479 e. The van der Waals surface area contributed by atoms with Crippen molar-refractivity contribution in [3.63, 3.8) is 0 Å². The molecule has 5 aromatic heterocycles. The van der Waals surface area contributed by atoms with Gasteiger partial charge in [0.2, 0.25) is 5.88 Å². The summed E-state index contributed by atoms with van der Waals surface area (Å²) in [6, 6.07) is 6.01. The highest BCUT2D eigenvalue weighted by molar-refractivity contribution is 6.15. The molecule has 1 amide bonds. The standard InChI is InChI=1S/C29H31N9O4/c1-35-14-19(27(34-35)41-4)24-22(15-6-9-20-16(10-15)12-31-37(20)3)23-25-21(13-30-26(23)33-24)36(2)29(40)38(25)18-8-7-17(11-18)32-28(39)42-5/h6,9-10,12-14,17-18H,7-8,11H2,1-5H3,(H,30,33)(H,32,39)/t17-,18-/m1/s1. The maximum atomic E-state index is 13.8. The molecule has 1 aliphatic carbocycles. The van der Waals surface area contributed by atoms with Crippen molar-refractivity contribution in [3.05, 3.63) is 47.3 Å². The Kier molecular flexibility index (Phi) is 5.85. The number of aromatic nitrogens is 8. The average Bonchev–Trinajstić information content (AvgIpc) is 3.80. The van der Waals surface area contributed by atoms with Crippen molar-refractivity contribution in [3.8, 4) is 28.3 Å². The molecule has 0 aliphatic heterocycles. The Hall–Kier alpha value is -5.07. The fraction of sp³-hybridized carbons (Fsp3) is 0.345. The predicted octanol–water partition coefficient (Wildman–Crippen LogP) is 3.63. The van der Waals surface area contributed by atoms with Gasteiger partial charge in [0.05, 0.1) is 59.8 Å². The zero-order valence-electron chi connectivity index (χ0n) is 24.0. The Balaban J connectivity index is 1.53. The third-order valence-corrected chi connectivity index (χ3v) is 8.44. The van der Waals surface area contributed by atoms with E-state index in [1.807, 2.05) is 41.8 Å². The highest BCUT2D eigenvalue weighted by Gasteiger charge is 2.32. The van der Waals surface area contributed by atoms with Crippen molar-refractivity contribution < 1.29 is 14.3 Å². The second-order valence-electron chi connectivity index (χ2n) is 10.9. The van der Waals surface area contributed by atoms with Gasteiger partial charge in [-0.05, 0) is 37.0 Å². The Bertz CT molecular complexity index is 2080. The van der Waals surface area contributed by atoms with E-state index in [0.717, 1.165) is 62.5 Å². The van der Waals surface area contributed by atoms with Gasteiger partial charge in [-0.2, -0.15) is 5.10 Å². The molecule has 0 radical (unpaired) electrons. The Morgan fingerprint density at radius 1 is 1.12 bits per heavy atom. The SMILES string of the molecule is COC(=O)N[C@@H]1CC[C@@H](n2c(=O)n(C)c3cnc4[nH]c(-c5cn(C)nc5OC)c(-c5ccc6c(cnn6C)c5)c4c32)C1. The van der Waals surface area contributed by atoms with E-state index in [1.165, 1.54) is 7.11 Å². The molecule has 1 aromatic carbocycles. The molecule has 0 saturated heterocycles. The van der Waals surface area contributed by atoms with Crippen LogP contribution in [0.4, 0.5) is 4.79 Å². The summed E-state index contributed by atoms with van der Waals surface area (Å²) in [7, 11) is 8.48. The number of methoxy groups -OCH3 is 2. The van der Waals surface area contributed by atoms with Gasteiger partial charge in [0, 0.05) is 50.4 Å². The number of fused-ring (bicyclic) bond motifs is 4. The third kappa shape index (κ3) is 3.80. The number of aromatic amines is 1. The number of rotatable bonds is 5. The number of ether oxygens (including phenoxy) is 2. The molecule has 2 N–H and O–H groups in total. The van der Waals surface area contributed by atoms with Crippen LogP contribution in [-0.4, -0.2) is 65.0 Å². The Morgan fingerprint density at radius 2 is 1.95 bits per heavy atom. The molecule has 0 unspecified atom stereocenters. The number of nitrogens with one attached hydrogen (secondary N) is 2. The van der Waals surface area contributed by atoms with Crippen molar-refractivity contribution in [2.24, 2.45) is 21.1 Å². The van der Waals surface area contributed by atoms with Gasteiger partial charge in [-0.1, -0.05) is 6.07 Å². The van der Waals surface area contributed by atoms with Gasteiger partial charge in [-0.25, -0.2) is 14.6 Å². The minimum Gasteiger partial charge on any atom is -0.479 e. The lowest BCUT2D eigenvalue weighted by Gasteiger charge is -2.15. The molecule has 6 aromatic rings. The molecular weight excluding hydrogens is 538 g/mol. The number of amides is 1. The van der Waals surface area contributed by atoms with Crippen LogP contribution >= 0.6 is 0 Å². The summed E-state index contributed by atoms with van der Waals surface area (Å²) in [6.07, 6.45) is 7.12. The quantitative estimate of drug-likeness (QED) is 0.323. The molecule has 5 heterocycles. The lowest BCUT2D eigenvalue weighted by atomic mass is 9.98. The van der Waals surface area contributed by atoms with Crippen LogP contribution < -0.4 is 15.7 Å². The summed E-state index contributed by atoms with van der Waals surface area (Å²) in [5, 5.41) is 13.7. The number of H-pyrrole nitrogens is 1. The van der Waals surface area contributed by atoms with Crippen molar-refractivity contribution in [1.29, 1.82) is 0 Å². The van der Waals surface area contributed by atoms with Crippen molar-refractivity contribution in [2.75, 3.05) is 14.2 Å². The minimum absolute atomic E-state index is 0.0872. The molecular formula is C29H31N9O4. The molecule has 1 saturated carbocycles. The lowest BCUT2D eigenvalue weighted by Crippen LogP contribution is -2.33. The first-order valence-electron chi connectivity index (χ1n) is 13.7. The Labute approximate surface area is 239 Å². The molecule has 1 aliphatic rings. The molecule has 0 bridgehead atoms. The number of aryl methyl sites for hydroxylation is 3. The van der Waals surface area contributed by atoms with Crippen LogP contribution in [0.15, 0.2) is 41.6 Å². The van der Waals surface area contributed by atoms with Crippen molar-refractivity contribution >= 4 is 39.1 Å². The van der Waals surface area contributed by atoms with E-state index >= 15 is 0 Å². The molecule has 2 atom stereocenters. The van der Waals surface area contributed by atoms with Gasteiger partial charge in [-0.15, -0.1) is 5.10 Å². The zero-order valence-corrected chi connectivity index (χ0v) is 24.0. The van der Waals surface area contributed by atoms with Crippen LogP contribution in [0.1, 0.15) is 25.3 Å². The van der Waals surface area contributed by atoms with Crippen LogP contribution in [0, 0.1) is 0 Å². The number of hydrogen-bond acceptors (Lipinski definition) is 7. The summed E-state index contributed by atoms with van der Waals surface area (Å²) >= 11 is 0. The number of benzene rings is 1. The van der Waals surface area contributed by atoms with E-state index in [-0.39, 0.29) is 17.8 Å². The smallest absolute Gasteiger partial charge is 0.407 e. The van der Waals surface area contributed by atoms with Gasteiger partial charge in [-0.3, -0.25) is 18.5 Å². The second-order valence-corrected chi connectivity index (χ2v) is 10.9. The molecule has 216 valence electrons. The van der Waals surface area contributed by atoms with E-state index in [0.29, 0.717) is 17.9 Å². The number of alkyl carbamates (subject to hydrolysis) is 1. The molecule has 7 rings (SSSR count). The molecule has 1 fully saturated rings. The van der Waals surface area contributed by atoms with E-state index in [1.54, 1.807) is 29.6 Å². The third-order valence-electron chi connectivity index (χ3n) is 8.44. The van der Waals surface area contributed by atoms with Gasteiger partial charge >= 0.3 is 11.8 Å². The van der Waals surface area contributed by atoms with Gasteiger partial charge < -0.3 is 19.8 Å². The molecule has 42 heavy (non-hydrogen) atoms. The maximum Gasteiger partial charge on any atom is 0.407 e. The average molecular weight is 570 g/mol. The first kappa shape index (κ1) is 25.9. The van der Waals surface area contributed by atoms with E-state index < -0.39 is 6.09 Å². The number of pyridine rings is 1. The monoisotopic (exact) mass is 569 g/mol. The van der Waals surface area contributed by atoms with Crippen molar-refractivity contribution in [1.82, 2.24) is 44.0 Å². The normalized spacial score (nSPS) is 17.1. The summed E-state index contributed by atoms with van der Waals surface area (Å²) in [5.41, 5.74) is 6.45. The van der Waals surface area contributed by atoms with E-state index in [2.05, 4.69) is 32.6 Å². The fourth-order valence-corrected chi connectivity index (χ4v) is 6.47. The zero-order chi connectivity index (χ0) is 29.3. The topological polar surface area (TPSA) is 139 Å². The number of carbonyl (C=O) groups is 1. The summed E-state index contributed by atoms with van der Waals surface area (Å²) in [5.74, 6) is 0.474. The Morgan fingerprint density at radius 3 is 2.74 bits per heavy atom. The van der Waals surface area contributed by atoms with Gasteiger partial charge in [0.15, 0.2) is 0 Å². The lowest BCUT2D eigenvalue weighted by molar-refractivity contribution is 0.166. The molecule has 0 spiro atoms. The summed E-state index contributed by atoms with van der Waals surface area (Å²) < 4.78 is 17.5. The highest BCUT2D eigenvalue weighted by atomic mass is 16.5. The number of imidazole rings is 1. The maximum absolute atomic E-state index is 13.8. The molecule has 13 nitrogen and oxygen atoms in total. The number of carbonyl (C=O) groups excluding carboxylic acids is 1. The van der Waals surface area contributed by atoms with Gasteiger partial charge in [0.1, 0.15) is 5.65 Å².